The van der Waals surface area contributed by atoms with E-state index >= 15 is 0 Å². The molecule has 336 valence electrons. The van der Waals surface area contributed by atoms with Gasteiger partial charge >= 0.3 is 53.3 Å². The molecule has 0 saturated carbocycles. The lowest BCUT2D eigenvalue weighted by Gasteiger charge is -2.14. The molecule has 0 aliphatic heterocycles. The van der Waals surface area contributed by atoms with Crippen LogP contribution in [0.1, 0.15) is 77.0 Å². The van der Waals surface area contributed by atoms with Crippen LogP contribution < -0.4 is 33.0 Å². The average molecular weight is 853 g/mol. The Bertz CT molecular complexity index is 1490. The van der Waals surface area contributed by atoms with Crippen molar-refractivity contribution < 1.29 is 57.2 Å². The van der Waals surface area contributed by atoms with Crippen molar-refractivity contribution in [2.45, 2.75) is 96.7 Å². The van der Waals surface area contributed by atoms with Gasteiger partial charge in [-0.15, -0.1) is 0 Å². The van der Waals surface area contributed by atoms with Gasteiger partial charge in [-0.3, -0.25) is 0 Å². The molecule has 0 saturated heterocycles. The van der Waals surface area contributed by atoms with Crippen molar-refractivity contribution in [2.24, 2.45) is 0 Å². The molecule has 21 heteroatoms. The Kier molecular flexibility index (Phi) is 28.3. The van der Waals surface area contributed by atoms with Crippen molar-refractivity contribution >= 4 is 36.2 Å². The number of hydrogen-bond acceptors (Lipinski definition) is 15. The highest BCUT2D eigenvalue weighted by atomic mass is 16.6. The molecule has 0 radical (unpaired) electrons. The SMILES string of the molecule is C=CC(=O)OCCOC(=O)NCCCCCCn1c(=O)n(CCCCCCNC(=O)OCCOC(=O)C=C)c(=O)n(CCCCCCNC(=O)OCCOC(=O)C=C)c1=O. The zero-order valence-corrected chi connectivity index (χ0v) is 34.3. The largest absolute Gasteiger partial charge is 0.459 e. The minimum atomic E-state index is -0.690. The topological polar surface area (TPSA) is 260 Å². The molecular weight excluding hydrogens is 792 g/mol. The molecule has 0 aliphatic rings. The van der Waals surface area contributed by atoms with Gasteiger partial charge in [-0.05, 0) is 38.5 Å². The second kappa shape index (κ2) is 32.8. The van der Waals surface area contributed by atoms with E-state index < -0.39 is 53.3 Å². The predicted octanol–water partition coefficient (Wildman–Crippen LogP) is 2.22. The minimum absolute atomic E-state index is 0.0910. The van der Waals surface area contributed by atoms with Gasteiger partial charge in [0.15, 0.2) is 0 Å². The molecule has 0 fully saturated rings. The number of ether oxygens (including phenoxy) is 6. The Labute approximate surface area is 348 Å². The number of unbranched alkanes of at least 4 members (excludes halogenated alkanes) is 9. The smallest absolute Gasteiger partial charge is 0.407 e. The molecule has 21 nitrogen and oxygen atoms in total. The normalized spacial score (nSPS) is 10.4. The second-order valence-corrected chi connectivity index (χ2v) is 12.8. The predicted molar refractivity (Wildman–Crippen MR) is 216 cm³/mol. The Hall–Kier alpha value is -6.15. The highest BCUT2D eigenvalue weighted by Crippen LogP contribution is 2.03. The van der Waals surface area contributed by atoms with E-state index in [1.807, 2.05) is 0 Å². The fourth-order valence-electron chi connectivity index (χ4n) is 5.23. The lowest BCUT2D eigenvalue weighted by Crippen LogP contribution is -2.54. The Morgan fingerprint density at radius 2 is 0.617 bits per heavy atom. The van der Waals surface area contributed by atoms with Crippen LogP contribution in [0, 0.1) is 0 Å². The van der Waals surface area contributed by atoms with Crippen molar-refractivity contribution in [3.8, 4) is 0 Å². The first-order chi connectivity index (χ1) is 28.9. The maximum atomic E-state index is 13.5. The van der Waals surface area contributed by atoms with Crippen LogP contribution in [0.5, 0.6) is 0 Å². The molecule has 0 bridgehead atoms. The van der Waals surface area contributed by atoms with Crippen molar-refractivity contribution in [2.75, 3.05) is 59.3 Å². The summed E-state index contributed by atoms with van der Waals surface area (Å²) in [4.78, 5) is 109. The number of amides is 3. The number of rotatable bonds is 33. The van der Waals surface area contributed by atoms with Gasteiger partial charge in [0.05, 0.1) is 0 Å². The number of nitrogens with zero attached hydrogens (tertiary/aromatic N) is 3. The van der Waals surface area contributed by atoms with Crippen molar-refractivity contribution in [1.82, 2.24) is 29.7 Å². The van der Waals surface area contributed by atoms with Gasteiger partial charge < -0.3 is 44.4 Å². The lowest BCUT2D eigenvalue weighted by atomic mass is 10.2. The number of nitrogens with one attached hydrogen (secondary N) is 3. The minimum Gasteiger partial charge on any atom is -0.459 e. The molecule has 0 aromatic carbocycles. The molecule has 0 aliphatic carbocycles. The molecular formula is C39H60N6O15. The van der Waals surface area contributed by atoms with E-state index in [1.54, 1.807) is 0 Å². The summed E-state index contributed by atoms with van der Waals surface area (Å²) in [5.41, 5.74) is -2.07. The quantitative estimate of drug-likeness (QED) is 0.0396. The molecule has 1 aromatic heterocycles. The van der Waals surface area contributed by atoms with Gasteiger partial charge in [-0.2, -0.15) is 0 Å². The fourth-order valence-corrected chi connectivity index (χ4v) is 5.23. The zero-order valence-electron chi connectivity index (χ0n) is 34.3. The molecule has 60 heavy (non-hydrogen) atoms. The first kappa shape index (κ1) is 51.9. The van der Waals surface area contributed by atoms with E-state index in [-0.39, 0.29) is 59.3 Å². The van der Waals surface area contributed by atoms with Crippen LogP contribution in [0.15, 0.2) is 52.3 Å². The third-order valence-electron chi connectivity index (χ3n) is 8.30. The maximum absolute atomic E-state index is 13.5. The summed E-state index contributed by atoms with van der Waals surface area (Å²) in [6.45, 7) is 10.5. The highest BCUT2D eigenvalue weighted by Gasteiger charge is 2.15. The first-order valence-electron chi connectivity index (χ1n) is 20.0. The van der Waals surface area contributed by atoms with Gasteiger partial charge in [-0.1, -0.05) is 58.3 Å². The number of esters is 3. The molecule has 1 rings (SSSR count). The molecule has 3 amide bonds. The van der Waals surface area contributed by atoms with Crippen LogP contribution in [0.4, 0.5) is 14.4 Å². The van der Waals surface area contributed by atoms with Gasteiger partial charge in [-0.25, -0.2) is 56.9 Å². The molecule has 0 atom stereocenters. The Morgan fingerprint density at radius 1 is 0.383 bits per heavy atom. The highest BCUT2D eigenvalue weighted by molar-refractivity contribution is 5.81. The first-order valence-corrected chi connectivity index (χ1v) is 20.0. The average Bonchev–Trinajstić information content (AvgIpc) is 3.24. The zero-order chi connectivity index (χ0) is 44.4. The molecule has 3 N–H and O–H groups in total. The van der Waals surface area contributed by atoms with Gasteiger partial charge in [0.2, 0.25) is 0 Å². The second-order valence-electron chi connectivity index (χ2n) is 12.8. The standard InChI is InChI=1S/C39H60N6O15/c1-4-31(46)55-25-28-58-34(49)40-19-13-7-10-16-22-43-37(52)44(23-17-11-8-14-20-41-35(50)59-29-26-56-32(47)5-2)39(54)45(38(43)53)24-18-12-9-15-21-42-36(51)60-30-27-57-33(48)6-3/h4-6H,1-3,7-30H2,(H,40,49)(H,41,50)(H,42,51). The van der Waals surface area contributed by atoms with E-state index in [0.29, 0.717) is 96.7 Å². The number of aromatic nitrogens is 3. The summed E-state index contributed by atoms with van der Waals surface area (Å²) < 4.78 is 32.2. The maximum Gasteiger partial charge on any atom is 0.407 e. The lowest BCUT2D eigenvalue weighted by molar-refractivity contribution is -0.139. The number of carbonyl (C=O) groups is 6. The van der Waals surface area contributed by atoms with Crippen LogP contribution in [-0.4, -0.2) is 109 Å². The molecule has 1 heterocycles. The van der Waals surface area contributed by atoms with Crippen molar-refractivity contribution in [1.29, 1.82) is 0 Å². The molecule has 0 unspecified atom stereocenters. The third-order valence-corrected chi connectivity index (χ3v) is 8.30. The van der Waals surface area contributed by atoms with Gasteiger partial charge in [0.25, 0.3) is 0 Å². The van der Waals surface area contributed by atoms with E-state index in [0.717, 1.165) is 31.9 Å². The summed E-state index contributed by atoms with van der Waals surface area (Å²) in [6.07, 6.45) is 8.19. The van der Waals surface area contributed by atoms with E-state index in [9.17, 15) is 43.2 Å². The van der Waals surface area contributed by atoms with Crippen LogP contribution in [0.3, 0.4) is 0 Å². The number of hydrogen-bond donors (Lipinski definition) is 3. The molecule has 1 aromatic rings. The van der Waals surface area contributed by atoms with Gasteiger partial charge in [0, 0.05) is 57.5 Å². The van der Waals surface area contributed by atoms with Crippen LogP contribution in [0.25, 0.3) is 0 Å². The Balaban J connectivity index is 2.67. The van der Waals surface area contributed by atoms with Crippen molar-refractivity contribution in [3.63, 3.8) is 0 Å². The van der Waals surface area contributed by atoms with E-state index in [2.05, 4.69) is 35.7 Å². The van der Waals surface area contributed by atoms with Crippen molar-refractivity contribution in [3.05, 3.63) is 69.4 Å². The van der Waals surface area contributed by atoms with Crippen LogP contribution >= 0.6 is 0 Å². The van der Waals surface area contributed by atoms with Gasteiger partial charge in [0.1, 0.15) is 39.6 Å². The van der Waals surface area contributed by atoms with E-state index in [4.69, 9.17) is 28.4 Å². The monoisotopic (exact) mass is 852 g/mol. The van der Waals surface area contributed by atoms with Crippen LogP contribution in [0.2, 0.25) is 0 Å². The van der Waals surface area contributed by atoms with Crippen LogP contribution in [-0.2, 0) is 62.4 Å². The summed E-state index contributed by atoms with van der Waals surface area (Å²) >= 11 is 0. The fraction of sp³-hybridized carbons (Fsp3) is 0.615. The summed E-state index contributed by atoms with van der Waals surface area (Å²) in [7, 11) is 0. The molecule has 0 spiro atoms. The summed E-state index contributed by atoms with van der Waals surface area (Å²) in [5.74, 6) is -1.86. The Morgan fingerprint density at radius 3 is 0.867 bits per heavy atom. The van der Waals surface area contributed by atoms with E-state index in [1.165, 1.54) is 0 Å². The summed E-state index contributed by atoms with van der Waals surface area (Å²) in [6, 6.07) is 0. The number of alkyl carbamates (subject to hydrolysis) is 3. The summed E-state index contributed by atoms with van der Waals surface area (Å²) in [5, 5.41) is 7.78. The number of carbonyl (C=O) groups excluding carboxylic acids is 6. The third kappa shape index (κ3) is 23.9.